The van der Waals surface area contributed by atoms with Gasteiger partial charge in [0, 0.05) is 11.0 Å². The van der Waals surface area contributed by atoms with Crippen LogP contribution in [-0.2, 0) is 4.79 Å². The lowest BCUT2D eigenvalue weighted by Crippen LogP contribution is -2.12. The van der Waals surface area contributed by atoms with Gasteiger partial charge in [-0.3, -0.25) is 10.1 Å². The lowest BCUT2D eigenvalue weighted by atomic mass is 10.1. The SMILES string of the molecule is C/C(=C\c1ccccc1)C(=O)Nc1nc(C)cs1. The number of anilines is 1. The van der Waals surface area contributed by atoms with Crippen LogP contribution in [0.3, 0.4) is 0 Å². The third-order valence-electron chi connectivity index (χ3n) is 2.38. The maximum atomic E-state index is 11.9. The Labute approximate surface area is 110 Å². The summed E-state index contributed by atoms with van der Waals surface area (Å²) in [5, 5.41) is 5.33. The van der Waals surface area contributed by atoms with E-state index in [0.717, 1.165) is 11.3 Å². The molecule has 4 heteroatoms. The highest BCUT2D eigenvalue weighted by Crippen LogP contribution is 2.16. The van der Waals surface area contributed by atoms with E-state index in [4.69, 9.17) is 0 Å². The number of thiazole rings is 1. The average Bonchev–Trinajstić information content (AvgIpc) is 2.76. The van der Waals surface area contributed by atoms with Crippen molar-refractivity contribution >= 4 is 28.5 Å². The molecule has 92 valence electrons. The summed E-state index contributed by atoms with van der Waals surface area (Å²) in [6.45, 7) is 3.70. The van der Waals surface area contributed by atoms with Crippen molar-refractivity contribution in [2.75, 3.05) is 5.32 Å². The predicted octanol–water partition coefficient (Wildman–Crippen LogP) is 3.49. The van der Waals surface area contributed by atoms with Gasteiger partial charge in [0.15, 0.2) is 5.13 Å². The smallest absolute Gasteiger partial charge is 0.253 e. The van der Waals surface area contributed by atoms with E-state index in [0.29, 0.717) is 10.7 Å². The molecule has 0 aliphatic rings. The summed E-state index contributed by atoms with van der Waals surface area (Å²) in [7, 11) is 0. The van der Waals surface area contributed by atoms with Gasteiger partial charge in [-0.1, -0.05) is 30.3 Å². The molecule has 2 rings (SSSR count). The van der Waals surface area contributed by atoms with Crippen LogP contribution in [-0.4, -0.2) is 10.9 Å². The van der Waals surface area contributed by atoms with Crippen LogP contribution in [0.5, 0.6) is 0 Å². The number of benzene rings is 1. The van der Waals surface area contributed by atoms with Gasteiger partial charge in [0.1, 0.15) is 0 Å². The van der Waals surface area contributed by atoms with Gasteiger partial charge < -0.3 is 0 Å². The minimum atomic E-state index is -0.117. The van der Waals surface area contributed by atoms with Crippen molar-refractivity contribution in [3.05, 3.63) is 52.5 Å². The second-order valence-corrected chi connectivity index (χ2v) is 4.84. The van der Waals surface area contributed by atoms with Crippen molar-refractivity contribution in [2.45, 2.75) is 13.8 Å². The molecule has 1 N–H and O–H groups in total. The highest BCUT2D eigenvalue weighted by molar-refractivity contribution is 7.13. The van der Waals surface area contributed by atoms with Crippen LogP contribution in [0.15, 0.2) is 41.3 Å². The minimum absolute atomic E-state index is 0.117. The summed E-state index contributed by atoms with van der Waals surface area (Å²) in [5.41, 5.74) is 2.59. The number of nitrogens with one attached hydrogen (secondary N) is 1. The molecule has 1 aromatic heterocycles. The molecule has 0 fully saturated rings. The van der Waals surface area contributed by atoms with Crippen LogP contribution < -0.4 is 5.32 Å². The van der Waals surface area contributed by atoms with Crippen LogP contribution in [0.1, 0.15) is 18.2 Å². The molecule has 0 unspecified atom stereocenters. The second kappa shape index (κ2) is 5.60. The molecule has 0 aliphatic heterocycles. The lowest BCUT2D eigenvalue weighted by Gasteiger charge is -2.01. The van der Waals surface area contributed by atoms with Crippen molar-refractivity contribution in [3.63, 3.8) is 0 Å². The third-order valence-corrected chi connectivity index (χ3v) is 3.26. The molecular formula is C14H14N2OS. The number of aryl methyl sites for hydroxylation is 1. The quantitative estimate of drug-likeness (QED) is 0.856. The molecule has 0 bridgehead atoms. The van der Waals surface area contributed by atoms with Crippen molar-refractivity contribution in [1.82, 2.24) is 4.98 Å². The van der Waals surface area contributed by atoms with Gasteiger partial charge in [-0.05, 0) is 25.5 Å². The maximum Gasteiger partial charge on any atom is 0.253 e. The molecule has 3 nitrogen and oxygen atoms in total. The van der Waals surface area contributed by atoms with Crippen LogP contribution in [0, 0.1) is 6.92 Å². The van der Waals surface area contributed by atoms with Gasteiger partial charge in [-0.2, -0.15) is 0 Å². The molecule has 0 aliphatic carbocycles. The molecule has 0 atom stereocenters. The number of carbonyl (C=O) groups is 1. The number of nitrogens with zero attached hydrogens (tertiary/aromatic N) is 1. The standard InChI is InChI=1S/C14H14N2OS/c1-10(8-12-6-4-3-5-7-12)13(17)16-14-15-11(2)9-18-14/h3-9H,1-2H3,(H,15,16,17)/b10-8+. The molecule has 1 aromatic carbocycles. The molecular weight excluding hydrogens is 244 g/mol. The van der Waals surface area contributed by atoms with Crippen LogP contribution >= 0.6 is 11.3 Å². The number of amides is 1. The zero-order valence-corrected chi connectivity index (χ0v) is 11.1. The summed E-state index contributed by atoms with van der Waals surface area (Å²) in [6.07, 6.45) is 1.86. The Bertz CT molecular complexity index is 572. The normalized spacial score (nSPS) is 11.3. The van der Waals surface area contributed by atoms with E-state index in [-0.39, 0.29) is 5.91 Å². The first kappa shape index (κ1) is 12.5. The molecule has 0 saturated carbocycles. The molecule has 18 heavy (non-hydrogen) atoms. The Balaban J connectivity index is 2.07. The summed E-state index contributed by atoms with van der Waals surface area (Å²) in [4.78, 5) is 16.1. The lowest BCUT2D eigenvalue weighted by molar-refractivity contribution is -0.112. The third kappa shape index (κ3) is 3.28. The molecule has 1 amide bonds. The molecule has 0 spiro atoms. The Kier molecular flexibility index (Phi) is 3.89. The summed E-state index contributed by atoms with van der Waals surface area (Å²) in [6, 6.07) is 9.77. The van der Waals surface area contributed by atoms with E-state index in [1.165, 1.54) is 11.3 Å². The Morgan fingerprint density at radius 1 is 1.33 bits per heavy atom. The molecule has 2 aromatic rings. The Hall–Kier alpha value is -1.94. The van der Waals surface area contributed by atoms with Gasteiger partial charge in [0.05, 0.1) is 5.69 Å². The first-order chi connectivity index (χ1) is 8.65. The fourth-order valence-corrected chi connectivity index (χ4v) is 2.16. The summed E-state index contributed by atoms with van der Waals surface area (Å²) < 4.78 is 0. The predicted molar refractivity (Wildman–Crippen MR) is 75.6 cm³/mol. The summed E-state index contributed by atoms with van der Waals surface area (Å²) in [5.74, 6) is -0.117. The van der Waals surface area contributed by atoms with Gasteiger partial charge in [-0.25, -0.2) is 4.98 Å². The monoisotopic (exact) mass is 258 g/mol. The van der Waals surface area contributed by atoms with E-state index in [9.17, 15) is 4.79 Å². The van der Waals surface area contributed by atoms with Crippen molar-refractivity contribution in [2.24, 2.45) is 0 Å². The molecule has 0 saturated heterocycles. The van der Waals surface area contributed by atoms with Crippen LogP contribution in [0.4, 0.5) is 5.13 Å². The van der Waals surface area contributed by atoms with E-state index in [2.05, 4.69) is 10.3 Å². The molecule has 0 radical (unpaired) electrons. The minimum Gasteiger partial charge on any atom is -0.298 e. The largest absolute Gasteiger partial charge is 0.298 e. The highest BCUT2D eigenvalue weighted by Gasteiger charge is 2.07. The zero-order chi connectivity index (χ0) is 13.0. The van der Waals surface area contributed by atoms with Gasteiger partial charge in [-0.15, -0.1) is 11.3 Å². The van der Waals surface area contributed by atoms with E-state index in [1.54, 1.807) is 6.92 Å². The van der Waals surface area contributed by atoms with Gasteiger partial charge in [0.2, 0.25) is 0 Å². The fourth-order valence-electron chi connectivity index (χ4n) is 1.47. The Morgan fingerprint density at radius 2 is 2.06 bits per heavy atom. The summed E-state index contributed by atoms with van der Waals surface area (Å²) >= 11 is 1.43. The second-order valence-electron chi connectivity index (χ2n) is 3.99. The fraction of sp³-hybridized carbons (Fsp3) is 0.143. The zero-order valence-electron chi connectivity index (χ0n) is 10.3. The first-order valence-electron chi connectivity index (χ1n) is 5.62. The van der Waals surface area contributed by atoms with Crippen LogP contribution in [0.25, 0.3) is 6.08 Å². The number of hydrogen-bond acceptors (Lipinski definition) is 3. The van der Waals surface area contributed by atoms with E-state index < -0.39 is 0 Å². The molecule has 1 heterocycles. The van der Waals surface area contributed by atoms with Crippen molar-refractivity contribution < 1.29 is 4.79 Å². The number of hydrogen-bond donors (Lipinski definition) is 1. The van der Waals surface area contributed by atoms with Crippen LogP contribution in [0.2, 0.25) is 0 Å². The first-order valence-corrected chi connectivity index (χ1v) is 6.50. The van der Waals surface area contributed by atoms with E-state index >= 15 is 0 Å². The average molecular weight is 258 g/mol. The highest BCUT2D eigenvalue weighted by atomic mass is 32.1. The number of rotatable bonds is 3. The van der Waals surface area contributed by atoms with Crippen molar-refractivity contribution in [3.8, 4) is 0 Å². The van der Waals surface area contributed by atoms with Gasteiger partial charge >= 0.3 is 0 Å². The number of carbonyl (C=O) groups excluding carboxylic acids is 1. The maximum absolute atomic E-state index is 11.9. The van der Waals surface area contributed by atoms with Gasteiger partial charge in [0.25, 0.3) is 5.91 Å². The topological polar surface area (TPSA) is 42.0 Å². The van der Waals surface area contributed by atoms with E-state index in [1.807, 2.05) is 48.7 Å². The van der Waals surface area contributed by atoms with Crippen molar-refractivity contribution in [1.29, 1.82) is 0 Å². The Morgan fingerprint density at radius 3 is 2.67 bits per heavy atom. The number of aromatic nitrogens is 1.